The molecular formula is C18H20N2O5S2. The minimum Gasteiger partial charge on any atom is -0.449 e. The number of esters is 1. The molecule has 1 unspecified atom stereocenters. The zero-order valence-electron chi connectivity index (χ0n) is 14.8. The molecule has 0 spiro atoms. The lowest BCUT2D eigenvalue weighted by Crippen LogP contribution is -2.38. The van der Waals surface area contributed by atoms with Crippen LogP contribution in [0.4, 0.5) is 5.69 Å². The summed E-state index contributed by atoms with van der Waals surface area (Å²) >= 11 is 1.12. The number of amides is 1. The fourth-order valence-corrected chi connectivity index (χ4v) is 4.82. The zero-order valence-corrected chi connectivity index (χ0v) is 16.4. The highest BCUT2D eigenvalue weighted by Crippen LogP contribution is 2.21. The van der Waals surface area contributed by atoms with E-state index in [1.54, 1.807) is 23.3 Å². The van der Waals surface area contributed by atoms with Gasteiger partial charge in [-0.05, 0) is 55.5 Å². The summed E-state index contributed by atoms with van der Waals surface area (Å²) in [6.07, 6.45) is 1.08. The number of benzene rings is 1. The van der Waals surface area contributed by atoms with Gasteiger partial charge in [0.1, 0.15) is 4.21 Å². The van der Waals surface area contributed by atoms with Gasteiger partial charge in [-0.25, -0.2) is 13.2 Å². The van der Waals surface area contributed by atoms with Crippen molar-refractivity contribution < 1.29 is 22.7 Å². The molecule has 27 heavy (non-hydrogen) atoms. The van der Waals surface area contributed by atoms with Crippen LogP contribution in [0.5, 0.6) is 0 Å². The summed E-state index contributed by atoms with van der Waals surface area (Å²) < 4.78 is 32.3. The van der Waals surface area contributed by atoms with E-state index in [-0.39, 0.29) is 15.7 Å². The molecule has 7 nitrogen and oxygen atoms in total. The van der Waals surface area contributed by atoms with Crippen LogP contribution >= 0.6 is 11.3 Å². The van der Waals surface area contributed by atoms with Crippen molar-refractivity contribution in [3.8, 4) is 0 Å². The summed E-state index contributed by atoms with van der Waals surface area (Å²) in [5.41, 5.74) is 0.580. The van der Waals surface area contributed by atoms with Gasteiger partial charge in [-0.1, -0.05) is 6.07 Å². The fourth-order valence-electron chi connectivity index (χ4n) is 2.77. The Kier molecular flexibility index (Phi) is 5.81. The van der Waals surface area contributed by atoms with Crippen molar-refractivity contribution in [2.75, 3.05) is 17.8 Å². The lowest BCUT2D eigenvalue weighted by Gasteiger charge is -2.20. The molecule has 0 aliphatic carbocycles. The highest BCUT2D eigenvalue weighted by Gasteiger charge is 2.26. The largest absolute Gasteiger partial charge is 0.449 e. The molecule has 2 aromatic rings. The smallest absolute Gasteiger partial charge is 0.338 e. The maximum absolute atomic E-state index is 12.2. The second-order valence-electron chi connectivity index (χ2n) is 6.19. The zero-order chi connectivity index (χ0) is 19.4. The van der Waals surface area contributed by atoms with Gasteiger partial charge < -0.3 is 9.64 Å². The molecule has 0 radical (unpaired) electrons. The first-order valence-corrected chi connectivity index (χ1v) is 10.9. The molecule has 1 aliphatic heterocycles. The Bertz CT molecular complexity index is 902. The standard InChI is InChI=1S/C18H20N2O5S2/c1-13(17(21)20-10-2-3-11-20)25-18(22)14-6-8-15(9-7-14)19-27(23,24)16-5-4-12-26-16/h4-9,12-13,19H,2-3,10-11H2,1H3. The Morgan fingerprint density at radius 2 is 1.81 bits per heavy atom. The van der Waals surface area contributed by atoms with Crippen molar-refractivity contribution in [1.82, 2.24) is 4.90 Å². The van der Waals surface area contributed by atoms with Crippen LogP contribution in [0.25, 0.3) is 0 Å². The number of ether oxygens (including phenoxy) is 1. The third-order valence-corrected chi connectivity index (χ3v) is 6.96. The Morgan fingerprint density at radius 3 is 2.41 bits per heavy atom. The van der Waals surface area contributed by atoms with Crippen molar-refractivity contribution >= 4 is 38.9 Å². The Hall–Kier alpha value is -2.39. The molecule has 3 rings (SSSR count). The van der Waals surface area contributed by atoms with E-state index < -0.39 is 22.1 Å². The summed E-state index contributed by atoms with van der Waals surface area (Å²) in [5, 5.41) is 1.68. The normalized spacial score (nSPS) is 15.4. The van der Waals surface area contributed by atoms with Crippen LogP contribution < -0.4 is 4.72 Å². The minimum absolute atomic E-state index is 0.193. The lowest BCUT2D eigenvalue weighted by molar-refractivity contribution is -0.138. The van der Waals surface area contributed by atoms with Gasteiger partial charge in [-0.2, -0.15) is 0 Å². The molecule has 144 valence electrons. The number of sulfonamides is 1. The van der Waals surface area contributed by atoms with Gasteiger partial charge in [0.15, 0.2) is 6.10 Å². The van der Waals surface area contributed by atoms with Crippen LogP contribution in [-0.4, -0.2) is 44.4 Å². The molecule has 9 heteroatoms. The number of carbonyl (C=O) groups is 2. The average Bonchev–Trinajstić information content (AvgIpc) is 3.35. The summed E-state index contributed by atoms with van der Waals surface area (Å²) in [6.45, 7) is 2.95. The molecule has 1 saturated heterocycles. The molecule has 0 saturated carbocycles. The van der Waals surface area contributed by atoms with E-state index in [0.717, 1.165) is 24.2 Å². The summed E-state index contributed by atoms with van der Waals surface area (Å²) in [4.78, 5) is 26.1. The third-order valence-electron chi connectivity index (χ3n) is 4.18. The van der Waals surface area contributed by atoms with Crippen LogP contribution in [0, 0.1) is 0 Å². The van der Waals surface area contributed by atoms with Gasteiger partial charge in [0.05, 0.1) is 5.56 Å². The first-order chi connectivity index (χ1) is 12.9. The number of anilines is 1. The number of nitrogens with zero attached hydrogens (tertiary/aromatic N) is 1. The lowest BCUT2D eigenvalue weighted by atomic mass is 10.2. The van der Waals surface area contributed by atoms with E-state index >= 15 is 0 Å². The fraction of sp³-hybridized carbons (Fsp3) is 0.333. The van der Waals surface area contributed by atoms with Crippen molar-refractivity contribution in [2.45, 2.75) is 30.1 Å². The minimum atomic E-state index is -3.64. The van der Waals surface area contributed by atoms with Crippen LogP contribution in [0.2, 0.25) is 0 Å². The molecule has 1 atom stereocenters. The van der Waals surface area contributed by atoms with Crippen LogP contribution in [0.1, 0.15) is 30.1 Å². The van der Waals surface area contributed by atoms with E-state index in [1.165, 1.54) is 30.3 Å². The quantitative estimate of drug-likeness (QED) is 0.742. The molecule has 0 bridgehead atoms. The molecule has 1 aromatic heterocycles. The van der Waals surface area contributed by atoms with Crippen molar-refractivity contribution in [3.05, 3.63) is 47.3 Å². The maximum Gasteiger partial charge on any atom is 0.338 e. The second kappa shape index (κ2) is 8.10. The van der Waals surface area contributed by atoms with E-state index in [1.807, 2.05) is 0 Å². The van der Waals surface area contributed by atoms with E-state index in [4.69, 9.17) is 4.74 Å². The van der Waals surface area contributed by atoms with Gasteiger partial charge in [0, 0.05) is 18.8 Å². The van der Waals surface area contributed by atoms with Crippen LogP contribution in [0.3, 0.4) is 0 Å². The number of likely N-dealkylation sites (tertiary alicyclic amines) is 1. The molecule has 1 aliphatic rings. The topological polar surface area (TPSA) is 92.8 Å². The number of rotatable bonds is 6. The predicted molar refractivity (Wildman–Crippen MR) is 102 cm³/mol. The molecule has 1 fully saturated rings. The van der Waals surface area contributed by atoms with Gasteiger partial charge in [-0.15, -0.1) is 11.3 Å². The van der Waals surface area contributed by atoms with Crippen molar-refractivity contribution in [2.24, 2.45) is 0 Å². The molecule has 1 N–H and O–H groups in total. The number of nitrogens with one attached hydrogen (secondary N) is 1. The SMILES string of the molecule is CC(OC(=O)c1ccc(NS(=O)(=O)c2cccs2)cc1)C(=O)N1CCCC1. The second-order valence-corrected chi connectivity index (χ2v) is 9.05. The maximum atomic E-state index is 12.2. The molecule has 2 heterocycles. The van der Waals surface area contributed by atoms with E-state index in [9.17, 15) is 18.0 Å². The van der Waals surface area contributed by atoms with Gasteiger partial charge in [0.2, 0.25) is 0 Å². The van der Waals surface area contributed by atoms with Gasteiger partial charge in [-0.3, -0.25) is 9.52 Å². The Morgan fingerprint density at radius 1 is 1.15 bits per heavy atom. The number of thiophene rings is 1. The summed E-state index contributed by atoms with van der Waals surface area (Å²) in [7, 11) is -3.64. The average molecular weight is 409 g/mol. The predicted octanol–water partition coefficient (Wildman–Crippen LogP) is 2.72. The monoisotopic (exact) mass is 408 g/mol. The third kappa shape index (κ3) is 4.67. The van der Waals surface area contributed by atoms with Crippen LogP contribution in [-0.2, 0) is 19.6 Å². The Labute approximate surface area is 162 Å². The number of hydrogen-bond donors (Lipinski definition) is 1. The summed E-state index contributed by atoms with van der Waals surface area (Å²) in [5.74, 6) is -0.816. The van der Waals surface area contributed by atoms with Gasteiger partial charge in [0.25, 0.3) is 15.9 Å². The molecule has 1 amide bonds. The van der Waals surface area contributed by atoms with Crippen molar-refractivity contribution in [1.29, 1.82) is 0 Å². The van der Waals surface area contributed by atoms with Crippen LogP contribution in [0.15, 0.2) is 46.0 Å². The number of carbonyl (C=O) groups excluding carboxylic acids is 2. The first kappa shape index (κ1) is 19.4. The number of hydrogen-bond acceptors (Lipinski definition) is 6. The first-order valence-electron chi connectivity index (χ1n) is 8.53. The van der Waals surface area contributed by atoms with E-state index in [0.29, 0.717) is 18.8 Å². The Balaban J connectivity index is 1.61. The van der Waals surface area contributed by atoms with E-state index in [2.05, 4.69) is 4.72 Å². The van der Waals surface area contributed by atoms with Gasteiger partial charge >= 0.3 is 5.97 Å². The highest BCUT2D eigenvalue weighted by atomic mass is 32.2. The summed E-state index contributed by atoms with van der Waals surface area (Å²) in [6, 6.07) is 9.05. The molecule has 1 aromatic carbocycles. The molecular weight excluding hydrogens is 388 g/mol. The highest BCUT2D eigenvalue weighted by molar-refractivity contribution is 7.94. The van der Waals surface area contributed by atoms with Crippen molar-refractivity contribution in [3.63, 3.8) is 0 Å².